The summed E-state index contributed by atoms with van der Waals surface area (Å²) < 4.78 is 11.3. The van der Waals surface area contributed by atoms with Crippen molar-refractivity contribution < 1.29 is 9.47 Å². The van der Waals surface area contributed by atoms with Gasteiger partial charge in [0.25, 0.3) is 0 Å². The maximum atomic E-state index is 5.96. The molecule has 1 heterocycles. The van der Waals surface area contributed by atoms with E-state index < -0.39 is 0 Å². The number of methoxy groups -OCH3 is 1. The van der Waals surface area contributed by atoms with E-state index in [9.17, 15) is 0 Å². The Balaban J connectivity index is 1.89. The summed E-state index contributed by atoms with van der Waals surface area (Å²) in [6.45, 7) is 8.15. The molecule has 6 nitrogen and oxygen atoms in total. The molecule has 0 amide bonds. The maximum Gasteiger partial charge on any atom is 0.191 e. The molecule has 0 saturated heterocycles. The molecule has 0 aliphatic heterocycles. The van der Waals surface area contributed by atoms with Crippen LogP contribution in [0.2, 0.25) is 0 Å². The van der Waals surface area contributed by atoms with E-state index in [2.05, 4.69) is 32.9 Å². The predicted octanol–water partition coefficient (Wildman–Crippen LogP) is 3.24. The molecule has 1 atom stereocenters. The molecule has 142 valence electrons. The minimum Gasteiger partial charge on any atom is -0.493 e. The Morgan fingerprint density at radius 2 is 2.00 bits per heavy atom. The van der Waals surface area contributed by atoms with Crippen LogP contribution in [-0.4, -0.2) is 37.2 Å². The summed E-state index contributed by atoms with van der Waals surface area (Å²) in [4.78, 5) is 9.15. The van der Waals surface area contributed by atoms with Crippen LogP contribution in [-0.2, 0) is 13.0 Å². The van der Waals surface area contributed by atoms with Crippen molar-refractivity contribution >= 4 is 17.3 Å². The van der Waals surface area contributed by atoms with E-state index in [1.165, 1.54) is 0 Å². The summed E-state index contributed by atoms with van der Waals surface area (Å²) in [7, 11) is 1.64. The number of aryl methyl sites for hydroxylation is 1. The summed E-state index contributed by atoms with van der Waals surface area (Å²) in [5.74, 6) is 2.23. The zero-order valence-electron chi connectivity index (χ0n) is 15.9. The monoisotopic (exact) mass is 376 g/mol. The molecule has 0 radical (unpaired) electrons. The van der Waals surface area contributed by atoms with Crippen molar-refractivity contribution in [1.29, 1.82) is 0 Å². The van der Waals surface area contributed by atoms with Crippen LogP contribution in [0.5, 0.6) is 11.5 Å². The molecule has 1 aromatic carbocycles. The molecule has 1 unspecified atom stereocenters. The smallest absolute Gasteiger partial charge is 0.191 e. The van der Waals surface area contributed by atoms with Crippen LogP contribution in [0.3, 0.4) is 0 Å². The maximum absolute atomic E-state index is 5.96. The highest BCUT2D eigenvalue weighted by atomic mass is 32.1. The van der Waals surface area contributed by atoms with Crippen molar-refractivity contribution in [2.45, 2.75) is 39.8 Å². The van der Waals surface area contributed by atoms with Crippen LogP contribution in [0.4, 0.5) is 0 Å². The number of aliphatic imine (C=N–C) groups is 1. The summed E-state index contributed by atoms with van der Waals surface area (Å²) >= 11 is 1.68. The van der Waals surface area contributed by atoms with Crippen LogP contribution in [0.25, 0.3) is 0 Å². The lowest BCUT2D eigenvalue weighted by Crippen LogP contribution is -2.41. The Labute approximate surface area is 159 Å². The van der Waals surface area contributed by atoms with Crippen molar-refractivity contribution in [2.75, 3.05) is 20.2 Å². The number of nitrogens with one attached hydrogen (secondary N) is 2. The number of para-hydroxylation sites is 2. The standard InChI is InChI=1S/C19H28N4O2S/c1-5-18-23-15(13-26-18)12-22-19(20-6-2)21-11-14(3)25-17-10-8-7-9-16(17)24-4/h7-10,13-14H,5-6,11-12H2,1-4H3,(H2,20,21,22). The fraction of sp³-hybridized carbons (Fsp3) is 0.474. The van der Waals surface area contributed by atoms with Gasteiger partial charge in [0.2, 0.25) is 0 Å². The minimum atomic E-state index is -0.0406. The van der Waals surface area contributed by atoms with Gasteiger partial charge in [-0.25, -0.2) is 9.98 Å². The second-order valence-corrected chi connectivity index (χ2v) is 6.68. The van der Waals surface area contributed by atoms with Gasteiger partial charge in [0.1, 0.15) is 6.10 Å². The molecule has 2 N–H and O–H groups in total. The molecule has 0 bridgehead atoms. The minimum absolute atomic E-state index is 0.0406. The van der Waals surface area contributed by atoms with Crippen molar-refractivity contribution in [2.24, 2.45) is 4.99 Å². The van der Waals surface area contributed by atoms with Crippen LogP contribution in [0.1, 0.15) is 31.5 Å². The molecule has 0 saturated carbocycles. The van der Waals surface area contributed by atoms with Gasteiger partial charge in [-0.3, -0.25) is 0 Å². The third-order valence-electron chi connectivity index (χ3n) is 3.60. The zero-order valence-corrected chi connectivity index (χ0v) is 16.7. The van der Waals surface area contributed by atoms with E-state index in [4.69, 9.17) is 9.47 Å². The number of thiazole rings is 1. The number of guanidine groups is 1. The number of hydrogen-bond donors (Lipinski definition) is 2. The number of nitrogens with zero attached hydrogens (tertiary/aromatic N) is 2. The molecule has 7 heteroatoms. The normalized spacial score (nSPS) is 12.5. The predicted molar refractivity (Wildman–Crippen MR) is 107 cm³/mol. The molecule has 0 aliphatic rings. The second kappa shape index (κ2) is 10.7. The third-order valence-corrected chi connectivity index (χ3v) is 4.64. The lowest BCUT2D eigenvalue weighted by molar-refractivity contribution is 0.213. The first-order chi connectivity index (χ1) is 12.7. The molecule has 0 spiro atoms. The molecular formula is C19H28N4O2S. The summed E-state index contributed by atoms with van der Waals surface area (Å²) in [6.07, 6.45) is 0.922. The van der Waals surface area contributed by atoms with Gasteiger partial charge < -0.3 is 20.1 Å². The Morgan fingerprint density at radius 1 is 1.23 bits per heavy atom. The van der Waals surface area contributed by atoms with Crippen molar-refractivity contribution in [3.63, 3.8) is 0 Å². The number of aromatic nitrogens is 1. The van der Waals surface area contributed by atoms with Gasteiger partial charge in [-0.15, -0.1) is 11.3 Å². The molecule has 2 rings (SSSR count). The molecule has 26 heavy (non-hydrogen) atoms. The van der Waals surface area contributed by atoms with Gasteiger partial charge in [0.15, 0.2) is 17.5 Å². The average molecular weight is 377 g/mol. The fourth-order valence-electron chi connectivity index (χ4n) is 2.30. The largest absolute Gasteiger partial charge is 0.493 e. The van der Waals surface area contributed by atoms with Crippen LogP contribution in [0.15, 0.2) is 34.6 Å². The Morgan fingerprint density at radius 3 is 2.65 bits per heavy atom. The highest BCUT2D eigenvalue weighted by Gasteiger charge is 2.09. The van der Waals surface area contributed by atoms with Crippen LogP contribution < -0.4 is 20.1 Å². The summed E-state index contributed by atoms with van der Waals surface area (Å²) in [5.41, 5.74) is 1.00. The van der Waals surface area contributed by atoms with Crippen LogP contribution in [0, 0.1) is 0 Å². The zero-order chi connectivity index (χ0) is 18.8. The first-order valence-electron chi connectivity index (χ1n) is 8.91. The Bertz CT molecular complexity index is 702. The van der Waals surface area contributed by atoms with Gasteiger partial charge in [-0.05, 0) is 32.4 Å². The van der Waals surface area contributed by atoms with E-state index in [-0.39, 0.29) is 6.10 Å². The molecule has 2 aromatic rings. The number of rotatable bonds is 9. The van der Waals surface area contributed by atoms with Gasteiger partial charge >= 0.3 is 0 Å². The number of hydrogen-bond acceptors (Lipinski definition) is 5. The second-order valence-electron chi connectivity index (χ2n) is 5.74. The van der Waals surface area contributed by atoms with Gasteiger partial charge in [0.05, 0.1) is 30.9 Å². The summed E-state index contributed by atoms with van der Waals surface area (Å²) in [5, 5.41) is 9.78. The highest BCUT2D eigenvalue weighted by molar-refractivity contribution is 7.09. The van der Waals surface area contributed by atoms with E-state index in [0.717, 1.165) is 41.1 Å². The number of ether oxygens (including phenoxy) is 2. The van der Waals surface area contributed by atoms with E-state index >= 15 is 0 Å². The number of benzene rings is 1. The van der Waals surface area contributed by atoms with E-state index in [1.807, 2.05) is 38.1 Å². The molecule has 1 aromatic heterocycles. The van der Waals surface area contributed by atoms with Crippen molar-refractivity contribution in [3.8, 4) is 11.5 Å². The van der Waals surface area contributed by atoms with Gasteiger partial charge in [-0.2, -0.15) is 0 Å². The highest BCUT2D eigenvalue weighted by Crippen LogP contribution is 2.26. The van der Waals surface area contributed by atoms with Crippen molar-refractivity contribution in [1.82, 2.24) is 15.6 Å². The fourth-order valence-corrected chi connectivity index (χ4v) is 3.04. The summed E-state index contributed by atoms with van der Waals surface area (Å²) in [6, 6.07) is 7.65. The Hall–Kier alpha value is -2.28. The topological polar surface area (TPSA) is 67.8 Å². The third kappa shape index (κ3) is 6.22. The molecule has 0 aliphatic carbocycles. The van der Waals surface area contributed by atoms with Gasteiger partial charge in [0, 0.05) is 11.9 Å². The first kappa shape index (κ1) is 20.0. The van der Waals surface area contributed by atoms with E-state index in [1.54, 1.807) is 18.4 Å². The lowest BCUT2D eigenvalue weighted by Gasteiger charge is -2.19. The SMILES string of the molecule is CCNC(=NCc1csc(CC)n1)NCC(C)Oc1ccccc1OC. The Kier molecular flexibility index (Phi) is 8.21. The van der Waals surface area contributed by atoms with E-state index in [0.29, 0.717) is 13.1 Å². The molecular weight excluding hydrogens is 348 g/mol. The van der Waals surface area contributed by atoms with Gasteiger partial charge in [-0.1, -0.05) is 19.1 Å². The molecule has 0 fully saturated rings. The average Bonchev–Trinajstić information content (AvgIpc) is 3.12. The van der Waals surface area contributed by atoms with Crippen molar-refractivity contribution in [3.05, 3.63) is 40.3 Å². The first-order valence-corrected chi connectivity index (χ1v) is 9.79. The van der Waals surface area contributed by atoms with Crippen LogP contribution >= 0.6 is 11.3 Å². The quantitative estimate of drug-likeness (QED) is 0.519. The lowest BCUT2D eigenvalue weighted by atomic mass is 10.3.